The molecule has 0 aliphatic rings. The zero-order valence-corrected chi connectivity index (χ0v) is 11.3. The molecule has 2 aromatic rings. The monoisotopic (exact) mass is 288 g/mol. The summed E-state index contributed by atoms with van der Waals surface area (Å²) in [6.45, 7) is 0.361. The Morgan fingerprint density at radius 2 is 2.00 bits per heavy atom. The van der Waals surface area contributed by atoms with Gasteiger partial charge in [0.2, 0.25) is 0 Å². The van der Waals surface area contributed by atoms with Gasteiger partial charge in [-0.1, -0.05) is 18.2 Å². The molecule has 6 nitrogen and oxygen atoms in total. The number of anilines is 1. The van der Waals surface area contributed by atoms with Crippen LogP contribution >= 0.6 is 0 Å². The highest BCUT2D eigenvalue weighted by Crippen LogP contribution is 2.16. The number of hydrogen-bond acceptors (Lipinski definition) is 3. The number of carbonyl (C=O) groups excluding carboxylic acids is 1. The van der Waals surface area contributed by atoms with Crippen LogP contribution in [-0.2, 0) is 17.8 Å². The van der Waals surface area contributed by atoms with Crippen molar-refractivity contribution >= 4 is 17.7 Å². The van der Waals surface area contributed by atoms with E-state index in [1.807, 2.05) is 6.07 Å². The molecule has 3 N–H and O–H groups in total. The summed E-state index contributed by atoms with van der Waals surface area (Å²) in [5.41, 5.74) is 2.27. The van der Waals surface area contributed by atoms with Gasteiger partial charge >= 0.3 is 12.0 Å². The third kappa shape index (κ3) is 4.68. The maximum absolute atomic E-state index is 11.8. The first-order valence-corrected chi connectivity index (χ1v) is 6.51. The van der Waals surface area contributed by atoms with Crippen LogP contribution in [0.15, 0.2) is 47.3 Å². The van der Waals surface area contributed by atoms with Gasteiger partial charge in [0.25, 0.3) is 0 Å². The molecule has 0 radical (unpaired) electrons. The Morgan fingerprint density at radius 1 is 1.19 bits per heavy atom. The predicted octanol–water partition coefficient (Wildman–Crippen LogP) is 2.62. The summed E-state index contributed by atoms with van der Waals surface area (Å²) in [4.78, 5) is 22.5. The van der Waals surface area contributed by atoms with Crippen molar-refractivity contribution in [3.8, 4) is 0 Å². The summed E-state index contributed by atoms with van der Waals surface area (Å²) < 4.78 is 4.91. The van der Waals surface area contributed by atoms with Crippen molar-refractivity contribution in [3.63, 3.8) is 0 Å². The summed E-state index contributed by atoms with van der Waals surface area (Å²) in [5.74, 6) is -0.866. The molecular formula is C15H16N2O4. The van der Waals surface area contributed by atoms with Crippen molar-refractivity contribution in [3.05, 3.63) is 54.0 Å². The van der Waals surface area contributed by atoms with Gasteiger partial charge in [-0.2, -0.15) is 0 Å². The summed E-state index contributed by atoms with van der Waals surface area (Å²) in [6.07, 6.45) is 3.49. The normalized spacial score (nSPS) is 10.1. The molecule has 2 rings (SSSR count). The van der Waals surface area contributed by atoms with Gasteiger partial charge < -0.3 is 20.2 Å². The smallest absolute Gasteiger partial charge is 0.319 e. The molecule has 2 amide bonds. The highest BCUT2D eigenvalue weighted by Gasteiger charge is 2.08. The maximum atomic E-state index is 11.8. The molecule has 0 saturated heterocycles. The quantitative estimate of drug-likeness (QED) is 0.762. The molecule has 0 spiro atoms. The molecule has 0 unspecified atom stereocenters. The Kier molecular flexibility index (Phi) is 4.98. The van der Waals surface area contributed by atoms with Crippen LogP contribution in [0.5, 0.6) is 0 Å². The third-order valence-corrected chi connectivity index (χ3v) is 2.91. The van der Waals surface area contributed by atoms with Crippen molar-refractivity contribution in [1.29, 1.82) is 0 Å². The van der Waals surface area contributed by atoms with Gasteiger partial charge in [0.15, 0.2) is 0 Å². The van der Waals surface area contributed by atoms with Crippen molar-refractivity contribution in [2.75, 3.05) is 5.32 Å². The minimum absolute atomic E-state index is 0.0231. The van der Waals surface area contributed by atoms with Crippen molar-refractivity contribution < 1.29 is 19.1 Å². The van der Waals surface area contributed by atoms with E-state index in [1.54, 1.807) is 30.5 Å². The Labute approximate surface area is 121 Å². The van der Waals surface area contributed by atoms with E-state index in [2.05, 4.69) is 10.6 Å². The van der Waals surface area contributed by atoms with E-state index in [0.717, 1.165) is 11.1 Å². The van der Waals surface area contributed by atoms with E-state index in [9.17, 15) is 9.59 Å². The first-order chi connectivity index (χ1) is 10.1. The van der Waals surface area contributed by atoms with Crippen molar-refractivity contribution in [2.45, 2.75) is 19.4 Å². The van der Waals surface area contributed by atoms with Crippen LogP contribution in [0, 0.1) is 0 Å². The van der Waals surface area contributed by atoms with Gasteiger partial charge in [-0.25, -0.2) is 4.79 Å². The molecule has 0 atom stereocenters. The van der Waals surface area contributed by atoms with E-state index in [-0.39, 0.29) is 12.5 Å². The number of carbonyl (C=O) groups is 2. The molecule has 0 aliphatic carbocycles. The number of hydrogen-bond donors (Lipinski definition) is 3. The van der Waals surface area contributed by atoms with E-state index < -0.39 is 5.97 Å². The number of rotatable bonds is 6. The topological polar surface area (TPSA) is 91.6 Å². The Balaban J connectivity index is 1.92. The summed E-state index contributed by atoms with van der Waals surface area (Å²) in [7, 11) is 0. The lowest BCUT2D eigenvalue weighted by molar-refractivity contribution is -0.136. The number of benzene rings is 1. The average molecular weight is 288 g/mol. The number of furan rings is 1. The zero-order chi connectivity index (χ0) is 15.1. The minimum Gasteiger partial charge on any atom is -0.481 e. The zero-order valence-electron chi connectivity index (χ0n) is 11.3. The van der Waals surface area contributed by atoms with Gasteiger partial charge in [-0.15, -0.1) is 0 Å². The predicted molar refractivity (Wildman–Crippen MR) is 77.0 cm³/mol. The van der Waals surface area contributed by atoms with Crippen LogP contribution in [0.1, 0.15) is 17.5 Å². The van der Waals surface area contributed by atoms with Crippen LogP contribution in [0.25, 0.3) is 0 Å². The van der Waals surface area contributed by atoms with E-state index in [4.69, 9.17) is 9.52 Å². The standard InChI is InChI=1S/C15H16N2O4/c18-14(19)6-5-12-3-1-2-4-13(12)17-15(20)16-9-11-7-8-21-10-11/h1-4,7-8,10H,5-6,9H2,(H,18,19)(H2,16,17,20). The molecular weight excluding hydrogens is 272 g/mol. The second-order valence-electron chi connectivity index (χ2n) is 4.49. The van der Waals surface area contributed by atoms with Gasteiger partial charge in [0, 0.05) is 24.2 Å². The number of urea groups is 1. The lowest BCUT2D eigenvalue weighted by Crippen LogP contribution is -2.28. The summed E-state index contributed by atoms with van der Waals surface area (Å²) in [5, 5.41) is 14.2. The molecule has 1 aromatic carbocycles. The number of aryl methyl sites for hydroxylation is 1. The fourth-order valence-corrected chi connectivity index (χ4v) is 1.84. The number of para-hydroxylation sites is 1. The van der Waals surface area contributed by atoms with Crippen LogP contribution in [0.2, 0.25) is 0 Å². The molecule has 0 saturated carbocycles. The number of carboxylic acids is 1. The lowest BCUT2D eigenvalue weighted by atomic mass is 10.1. The molecule has 21 heavy (non-hydrogen) atoms. The Hall–Kier alpha value is -2.76. The molecule has 0 fully saturated rings. The van der Waals surface area contributed by atoms with Gasteiger partial charge in [-0.05, 0) is 24.1 Å². The first kappa shape index (κ1) is 14.6. The molecule has 0 aliphatic heterocycles. The minimum atomic E-state index is -0.866. The Morgan fingerprint density at radius 3 is 2.71 bits per heavy atom. The third-order valence-electron chi connectivity index (χ3n) is 2.91. The second-order valence-corrected chi connectivity index (χ2v) is 4.49. The number of carboxylic acid groups (broad SMARTS) is 1. The molecule has 110 valence electrons. The fourth-order valence-electron chi connectivity index (χ4n) is 1.84. The van der Waals surface area contributed by atoms with Gasteiger partial charge in [-0.3, -0.25) is 4.79 Å². The average Bonchev–Trinajstić information content (AvgIpc) is 2.97. The van der Waals surface area contributed by atoms with Crippen LogP contribution in [0.4, 0.5) is 10.5 Å². The van der Waals surface area contributed by atoms with Crippen molar-refractivity contribution in [2.24, 2.45) is 0 Å². The van der Waals surface area contributed by atoms with Crippen LogP contribution < -0.4 is 10.6 Å². The Bertz CT molecular complexity index is 608. The second kappa shape index (κ2) is 7.14. The number of amides is 2. The highest BCUT2D eigenvalue weighted by atomic mass is 16.4. The highest BCUT2D eigenvalue weighted by molar-refractivity contribution is 5.90. The van der Waals surface area contributed by atoms with E-state index >= 15 is 0 Å². The molecule has 1 heterocycles. The van der Waals surface area contributed by atoms with Crippen molar-refractivity contribution in [1.82, 2.24) is 5.32 Å². The molecule has 1 aromatic heterocycles. The van der Waals surface area contributed by atoms with E-state index in [0.29, 0.717) is 18.7 Å². The SMILES string of the molecule is O=C(O)CCc1ccccc1NC(=O)NCc1ccoc1. The number of nitrogens with one attached hydrogen (secondary N) is 2. The summed E-state index contributed by atoms with van der Waals surface area (Å²) >= 11 is 0. The summed E-state index contributed by atoms with van der Waals surface area (Å²) in [6, 6.07) is 8.56. The first-order valence-electron chi connectivity index (χ1n) is 6.51. The van der Waals surface area contributed by atoms with Crippen LogP contribution in [0.3, 0.4) is 0 Å². The van der Waals surface area contributed by atoms with E-state index in [1.165, 1.54) is 6.26 Å². The van der Waals surface area contributed by atoms with Gasteiger partial charge in [0.1, 0.15) is 0 Å². The number of aliphatic carboxylic acids is 1. The fraction of sp³-hybridized carbons (Fsp3) is 0.200. The lowest BCUT2D eigenvalue weighted by Gasteiger charge is -2.11. The molecule has 6 heteroatoms. The maximum Gasteiger partial charge on any atom is 0.319 e. The van der Waals surface area contributed by atoms with Gasteiger partial charge in [0.05, 0.1) is 12.5 Å². The largest absolute Gasteiger partial charge is 0.481 e. The molecule has 0 bridgehead atoms. The van der Waals surface area contributed by atoms with Crippen LogP contribution in [-0.4, -0.2) is 17.1 Å².